The number of piperazine rings is 1. The second-order valence-electron chi connectivity index (χ2n) is 8.39. The summed E-state index contributed by atoms with van der Waals surface area (Å²) in [5.41, 5.74) is 0.334. The van der Waals surface area contributed by atoms with E-state index in [1.165, 1.54) is 18.4 Å². The van der Waals surface area contributed by atoms with Crippen LogP contribution in [0.2, 0.25) is 0 Å². The molecule has 2 aliphatic heterocycles. The third-order valence-electron chi connectivity index (χ3n) is 5.87. The van der Waals surface area contributed by atoms with E-state index in [0.717, 1.165) is 45.6 Å². The van der Waals surface area contributed by atoms with Crippen molar-refractivity contribution in [1.82, 2.24) is 14.7 Å². The minimum atomic E-state index is -0.966. The van der Waals surface area contributed by atoms with Crippen LogP contribution in [0.4, 0.5) is 0 Å². The van der Waals surface area contributed by atoms with Crippen molar-refractivity contribution in [2.75, 3.05) is 39.3 Å². The van der Waals surface area contributed by atoms with E-state index >= 15 is 0 Å². The number of nitrogens with zero attached hydrogens (tertiary/aromatic N) is 3. The maximum Gasteiger partial charge on any atom is 0.237 e. The summed E-state index contributed by atoms with van der Waals surface area (Å²) in [6, 6.07) is 10.4. The lowest BCUT2D eigenvalue weighted by Gasteiger charge is -2.39. The Labute approximate surface area is 163 Å². The van der Waals surface area contributed by atoms with Gasteiger partial charge in [-0.3, -0.25) is 14.5 Å². The van der Waals surface area contributed by atoms with Gasteiger partial charge in [0.2, 0.25) is 11.8 Å². The fourth-order valence-electron chi connectivity index (χ4n) is 4.11. The Kier molecular flexibility index (Phi) is 6.53. The van der Waals surface area contributed by atoms with Crippen molar-refractivity contribution in [3.8, 4) is 0 Å². The van der Waals surface area contributed by atoms with Crippen LogP contribution < -0.4 is 0 Å². The highest BCUT2D eigenvalue weighted by atomic mass is 16.2. The number of amides is 2. The molecule has 0 unspecified atom stereocenters. The molecule has 0 aromatic heterocycles. The van der Waals surface area contributed by atoms with Crippen LogP contribution in [0.15, 0.2) is 30.3 Å². The van der Waals surface area contributed by atoms with Gasteiger partial charge in [-0.25, -0.2) is 0 Å². The van der Waals surface area contributed by atoms with Gasteiger partial charge in [0.15, 0.2) is 0 Å². The molecule has 5 nitrogen and oxygen atoms in total. The number of carbonyl (C=O) groups excluding carboxylic acids is 2. The third-order valence-corrected chi connectivity index (χ3v) is 5.87. The van der Waals surface area contributed by atoms with Crippen molar-refractivity contribution in [1.29, 1.82) is 0 Å². The van der Waals surface area contributed by atoms with Gasteiger partial charge in [-0.1, -0.05) is 43.2 Å². The molecule has 148 valence electrons. The highest BCUT2D eigenvalue weighted by molar-refractivity contribution is 6.04. The van der Waals surface area contributed by atoms with E-state index < -0.39 is 5.41 Å². The van der Waals surface area contributed by atoms with Gasteiger partial charge in [-0.2, -0.15) is 0 Å². The Morgan fingerprint density at radius 2 is 1.30 bits per heavy atom. The maximum atomic E-state index is 13.1. The summed E-state index contributed by atoms with van der Waals surface area (Å²) in [4.78, 5) is 32.3. The summed E-state index contributed by atoms with van der Waals surface area (Å²) in [6.07, 6.45) is 4.46. The summed E-state index contributed by atoms with van der Waals surface area (Å²) in [6.45, 7) is 9.21. The smallest absolute Gasteiger partial charge is 0.237 e. The standard InChI is InChI=1S/C22H33N3O2/c1-22(2,20(26)24-12-8-3-4-9-13-24)21(27)25-16-14-23(15-17-25)18-19-10-6-5-7-11-19/h5-7,10-11H,3-4,8-9,12-18H2,1-2H3. The predicted octanol–water partition coefficient (Wildman–Crippen LogP) is 2.76. The monoisotopic (exact) mass is 371 g/mol. The van der Waals surface area contributed by atoms with Gasteiger partial charge in [-0.15, -0.1) is 0 Å². The zero-order chi connectivity index (χ0) is 19.3. The van der Waals surface area contributed by atoms with Gasteiger partial charge in [0.25, 0.3) is 0 Å². The third kappa shape index (κ3) is 4.89. The molecule has 0 N–H and O–H groups in total. The van der Waals surface area contributed by atoms with E-state index in [4.69, 9.17) is 0 Å². The van der Waals surface area contributed by atoms with Crippen molar-refractivity contribution in [3.05, 3.63) is 35.9 Å². The normalized spacial score (nSPS) is 19.6. The van der Waals surface area contributed by atoms with Crippen molar-refractivity contribution in [3.63, 3.8) is 0 Å². The van der Waals surface area contributed by atoms with Crippen molar-refractivity contribution in [2.24, 2.45) is 5.41 Å². The Morgan fingerprint density at radius 3 is 1.85 bits per heavy atom. The topological polar surface area (TPSA) is 43.9 Å². The average Bonchev–Trinajstić information content (AvgIpc) is 2.97. The van der Waals surface area contributed by atoms with Gasteiger partial charge in [-0.05, 0) is 32.3 Å². The molecule has 1 aromatic rings. The molecular formula is C22H33N3O2. The van der Waals surface area contributed by atoms with Crippen molar-refractivity contribution < 1.29 is 9.59 Å². The van der Waals surface area contributed by atoms with Crippen LogP contribution in [0, 0.1) is 5.41 Å². The van der Waals surface area contributed by atoms with E-state index in [2.05, 4.69) is 29.2 Å². The first-order valence-corrected chi connectivity index (χ1v) is 10.3. The second-order valence-corrected chi connectivity index (χ2v) is 8.39. The first-order chi connectivity index (χ1) is 13.0. The van der Waals surface area contributed by atoms with Gasteiger partial charge in [0, 0.05) is 45.8 Å². The van der Waals surface area contributed by atoms with Crippen LogP contribution in [-0.4, -0.2) is 65.8 Å². The largest absolute Gasteiger partial charge is 0.342 e. The molecule has 0 radical (unpaired) electrons. The van der Waals surface area contributed by atoms with Gasteiger partial charge in [0.1, 0.15) is 5.41 Å². The molecule has 2 fully saturated rings. The zero-order valence-corrected chi connectivity index (χ0v) is 16.8. The maximum absolute atomic E-state index is 13.1. The summed E-state index contributed by atoms with van der Waals surface area (Å²) >= 11 is 0. The average molecular weight is 372 g/mol. The Morgan fingerprint density at radius 1 is 0.778 bits per heavy atom. The molecular weight excluding hydrogens is 338 g/mol. The molecule has 2 saturated heterocycles. The number of hydrogen-bond acceptors (Lipinski definition) is 3. The molecule has 1 aromatic carbocycles. The fraction of sp³-hybridized carbons (Fsp3) is 0.636. The Bertz CT molecular complexity index is 628. The summed E-state index contributed by atoms with van der Waals surface area (Å²) in [5.74, 6) is -0.0165. The number of carbonyl (C=O) groups is 2. The fourth-order valence-corrected chi connectivity index (χ4v) is 4.11. The van der Waals surface area contributed by atoms with E-state index in [9.17, 15) is 9.59 Å². The molecule has 0 spiro atoms. The van der Waals surface area contributed by atoms with E-state index in [1.54, 1.807) is 13.8 Å². The van der Waals surface area contributed by atoms with Crippen LogP contribution in [0.3, 0.4) is 0 Å². The summed E-state index contributed by atoms with van der Waals surface area (Å²) in [7, 11) is 0. The van der Waals surface area contributed by atoms with Gasteiger partial charge in [0.05, 0.1) is 0 Å². The van der Waals surface area contributed by atoms with Crippen molar-refractivity contribution >= 4 is 11.8 Å². The summed E-state index contributed by atoms with van der Waals surface area (Å²) in [5, 5.41) is 0. The van der Waals surface area contributed by atoms with Crippen LogP contribution in [0.25, 0.3) is 0 Å². The molecule has 2 heterocycles. The van der Waals surface area contributed by atoms with Gasteiger partial charge >= 0.3 is 0 Å². The zero-order valence-electron chi connectivity index (χ0n) is 16.8. The lowest BCUT2D eigenvalue weighted by atomic mass is 9.89. The lowest BCUT2D eigenvalue weighted by molar-refractivity contribution is -0.155. The molecule has 0 atom stereocenters. The molecule has 27 heavy (non-hydrogen) atoms. The highest BCUT2D eigenvalue weighted by Crippen LogP contribution is 2.25. The molecule has 5 heteroatoms. The second kappa shape index (κ2) is 8.87. The Hall–Kier alpha value is -1.88. The SMILES string of the molecule is CC(C)(C(=O)N1CCCCCC1)C(=O)N1CCN(Cc2ccccc2)CC1. The first-order valence-electron chi connectivity index (χ1n) is 10.3. The van der Waals surface area contributed by atoms with Gasteiger partial charge < -0.3 is 9.80 Å². The molecule has 2 aliphatic rings. The van der Waals surface area contributed by atoms with E-state index in [-0.39, 0.29) is 11.8 Å². The lowest BCUT2D eigenvalue weighted by Crippen LogP contribution is -2.55. The number of hydrogen-bond donors (Lipinski definition) is 0. The van der Waals surface area contributed by atoms with Crippen LogP contribution >= 0.6 is 0 Å². The number of rotatable bonds is 4. The predicted molar refractivity (Wildman–Crippen MR) is 107 cm³/mol. The first kappa shape index (κ1) is 19.9. The molecule has 0 aliphatic carbocycles. The molecule has 0 bridgehead atoms. The minimum Gasteiger partial charge on any atom is -0.342 e. The van der Waals surface area contributed by atoms with Crippen LogP contribution in [0.1, 0.15) is 45.1 Å². The van der Waals surface area contributed by atoms with Crippen molar-refractivity contribution in [2.45, 2.75) is 46.1 Å². The highest BCUT2D eigenvalue weighted by Gasteiger charge is 2.42. The molecule has 2 amide bonds. The van der Waals surface area contributed by atoms with E-state index in [0.29, 0.717) is 13.1 Å². The number of likely N-dealkylation sites (tertiary alicyclic amines) is 1. The molecule has 0 saturated carbocycles. The summed E-state index contributed by atoms with van der Waals surface area (Å²) < 4.78 is 0. The molecule has 3 rings (SSSR count). The van der Waals surface area contributed by atoms with Crippen LogP contribution in [0.5, 0.6) is 0 Å². The number of benzene rings is 1. The quantitative estimate of drug-likeness (QED) is 0.765. The Balaban J connectivity index is 1.55. The van der Waals surface area contributed by atoms with E-state index in [1.807, 2.05) is 15.9 Å². The van der Waals surface area contributed by atoms with Crippen LogP contribution in [-0.2, 0) is 16.1 Å². The minimum absolute atomic E-state index is 0.00103.